The monoisotopic (exact) mass is 435 g/mol. The Morgan fingerprint density at radius 3 is 2.34 bits per heavy atom. The first kappa shape index (κ1) is 24.2. The van der Waals surface area contributed by atoms with Gasteiger partial charge in [0.15, 0.2) is 0 Å². The average Bonchev–Trinajstić information content (AvgIpc) is 3.55. The average molecular weight is 436 g/mol. The molecule has 0 saturated carbocycles. The summed E-state index contributed by atoms with van der Waals surface area (Å²) < 4.78 is 6.06. The Balaban J connectivity index is 1.50. The van der Waals surface area contributed by atoms with Crippen LogP contribution < -0.4 is 4.74 Å². The van der Waals surface area contributed by atoms with Crippen LogP contribution in [-0.4, -0.2) is 22.3 Å². The van der Waals surface area contributed by atoms with E-state index < -0.39 is 0 Å². The standard InChI is InChI=1S/C28H41N3O/c1-3-5-7-8-9-10-11-12-13-15-23-17-18-24(30-23)21-27-28(32-20-6-4-2)22-26(31-27)25-16-14-19-29-25/h14,16-19,21-22,29,31H,3-13,15,20H2,1-2H3/b24-21-. The van der Waals surface area contributed by atoms with Gasteiger partial charge in [0.1, 0.15) is 5.75 Å². The summed E-state index contributed by atoms with van der Waals surface area (Å²) in [6.45, 7) is 5.19. The highest BCUT2D eigenvalue weighted by atomic mass is 16.5. The Kier molecular flexibility index (Phi) is 10.4. The highest BCUT2D eigenvalue weighted by Crippen LogP contribution is 2.29. The number of allylic oxidation sites excluding steroid dienone is 2. The number of rotatable bonds is 16. The van der Waals surface area contributed by atoms with Gasteiger partial charge in [-0.05, 0) is 49.6 Å². The molecule has 4 heteroatoms. The largest absolute Gasteiger partial charge is 0.491 e. The lowest BCUT2D eigenvalue weighted by atomic mass is 10.1. The zero-order chi connectivity index (χ0) is 22.4. The number of aromatic nitrogens is 2. The molecule has 0 fully saturated rings. The van der Waals surface area contributed by atoms with E-state index >= 15 is 0 Å². The van der Waals surface area contributed by atoms with Gasteiger partial charge < -0.3 is 14.7 Å². The molecule has 2 aromatic rings. The van der Waals surface area contributed by atoms with Crippen molar-refractivity contribution in [2.45, 2.75) is 90.9 Å². The highest BCUT2D eigenvalue weighted by Gasteiger charge is 2.12. The third-order valence-electron chi connectivity index (χ3n) is 6.00. The second-order valence-corrected chi connectivity index (χ2v) is 8.83. The predicted molar refractivity (Wildman–Crippen MR) is 137 cm³/mol. The lowest BCUT2D eigenvalue weighted by Crippen LogP contribution is -1.96. The third kappa shape index (κ3) is 7.89. The van der Waals surface area contributed by atoms with Crippen LogP contribution in [-0.2, 0) is 0 Å². The van der Waals surface area contributed by atoms with Crippen molar-refractivity contribution in [3.63, 3.8) is 0 Å². The molecule has 0 atom stereocenters. The lowest BCUT2D eigenvalue weighted by Gasteiger charge is -2.04. The molecule has 0 saturated heterocycles. The van der Waals surface area contributed by atoms with Gasteiger partial charge in [0.25, 0.3) is 0 Å². The normalized spacial score (nSPS) is 14.4. The fourth-order valence-electron chi connectivity index (χ4n) is 4.05. The van der Waals surface area contributed by atoms with Crippen molar-refractivity contribution in [2.24, 2.45) is 4.99 Å². The van der Waals surface area contributed by atoms with E-state index in [4.69, 9.17) is 9.73 Å². The zero-order valence-corrected chi connectivity index (χ0v) is 20.1. The van der Waals surface area contributed by atoms with Crippen molar-refractivity contribution in [1.82, 2.24) is 9.97 Å². The summed E-state index contributed by atoms with van der Waals surface area (Å²) in [6, 6.07) is 6.16. The number of hydrogen-bond acceptors (Lipinski definition) is 2. The van der Waals surface area contributed by atoms with E-state index in [1.807, 2.05) is 12.3 Å². The van der Waals surface area contributed by atoms with Gasteiger partial charge in [-0.2, -0.15) is 0 Å². The van der Waals surface area contributed by atoms with E-state index in [0.29, 0.717) is 0 Å². The molecule has 0 unspecified atom stereocenters. The zero-order valence-electron chi connectivity index (χ0n) is 20.1. The number of aliphatic imine (C=N–C) groups is 1. The fourth-order valence-corrected chi connectivity index (χ4v) is 4.05. The summed E-state index contributed by atoms with van der Waals surface area (Å²) in [5.41, 5.74) is 5.28. The molecule has 174 valence electrons. The van der Waals surface area contributed by atoms with Gasteiger partial charge in [-0.25, -0.2) is 0 Å². The molecular weight excluding hydrogens is 394 g/mol. The van der Waals surface area contributed by atoms with E-state index in [1.54, 1.807) is 0 Å². The molecule has 0 amide bonds. The summed E-state index contributed by atoms with van der Waals surface area (Å²) in [5.74, 6) is 0.895. The van der Waals surface area contributed by atoms with E-state index in [-0.39, 0.29) is 0 Å². The molecule has 1 aliphatic heterocycles. The maximum absolute atomic E-state index is 6.06. The number of nitrogens with one attached hydrogen (secondary N) is 2. The molecule has 0 aromatic carbocycles. The molecule has 3 heterocycles. The van der Waals surface area contributed by atoms with Crippen molar-refractivity contribution < 1.29 is 4.74 Å². The smallest absolute Gasteiger partial charge is 0.144 e. The maximum atomic E-state index is 6.06. The van der Waals surface area contributed by atoms with Gasteiger partial charge in [-0.1, -0.05) is 71.6 Å². The van der Waals surface area contributed by atoms with Crippen LogP contribution >= 0.6 is 0 Å². The van der Waals surface area contributed by atoms with Gasteiger partial charge in [-0.15, -0.1) is 0 Å². The highest BCUT2D eigenvalue weighted by molar-refractivity contribution is 5.99. The minimum atomic E-state index is 0.734. The number of ether oxygens (including phenoxy) is 1. The van der Waals surface area contributed by atoms with Crippen molar-refractivity contribution in [3.8, 4) is 17.1 Å². The minimum absolute atomic E-state index is 0.734. The summed E-state index contributed by atoms with van der Waals surface area (Å²) in [6.07, 6.45) is 23.8. The molecule has 0 aliphatic carbocycles. The van der Waals surface area contributed by atoms with Crippen LogP contribution in [0.1, 0.15) is 96.6 Å². The number of aromatic amines is 2. The van der Waals surface area contributed by atoms with Gasteiger partial charge >= 0.3 is 0 Å². The molecule has 2 aromatic heterocycles. The van der Waals surface area contributed by atoms with Crippen LogP contribution in [0.25, 0.3) is 17.5 Å². The summed E-state index contributed by atoms with van der Waals surface area (Å²) in [4.78, 5) is 11.6. The van der Waals surface area contributed by atoms with Gasteiger partial charge in [0, 0.05) is 18.0 Å². The van der Waals surface area contributed by atoms with Crippen molar-refractivity contribution in [2.75, 3.05) is 6.61 Å². The van der Waals surface area contributed by atoms with Gasteiger partial charge in [0.2, 0.25) is 0 Å². The van der Waals surface area contributed by atoms with Crippen LogP contribution in [0.3, 0.4) is 0 Å². The van der Waals surface area contributed by atoms with Gasteiger partial charge in [-0.3, -0.25) is 4.99 Å². The second-order valence-electron chi connectivity index (χ2n) is 8.83. The Bertz CT molecular complexity index is 871. The molecule has 0 bridgehead atoms. The molecular formula is C28H41N3O. The first-order chi connectivity index (χ1) is 15.8. The Morgan fingerprint density at radius 1 is 0.875 bits per heavy atom. The van der Waals surface area contributed by atoms with Crippen LogP contribution in [0.4, 0.5) is 0 Å². The van der Waals surface area contributed by atoms with Crippen LogP contribution in [0, 0.1) is 0 Å². The third-order valence-corrected chi connectivity index (χ3v) is 6.00. The van der Waals surface area contributed by atoms with Crippen molar-refractivity contribution in [1.29, 1.82) is 0 Å². The molecule has 1 aliphatic rings. The minimum Gasteiger partial charge on any atom is -0.491 e. The van der Waals surface area contributed by atoms with E-state index in [0.717, 1.165) is 54.4 Å². The van der Waals surface area contributed by atoms with Crippen LogP contribution in [0.5, 0.6) is 5.75 Å². The van der Waals surface area contributed by atoms with Crippen LogP contribution in [0.2, 0.25) is 0 Å². The number of unbranched alkanes of at least 4 members (excludes halogenated alkanes) is 9. The molecule has 2 N–H and O–H groups in total. The SMILES string of the molecule is CCCCCCCCCCCC1=N/C(=C\c2[nH]c(-c3ccc[nH]3)cc2OCCCC)C=C1. The van der Waals surface area contributed by atoms with E-state index in [1.165, 1.54) is 63.5 Å². The Morgan fingerprint density at radius 2 is 1.62 bits per heavy atom. The van der Waals surface area contributed by atoms with Crippen LogP contribution in [0.15, 0.2) is 47.2 Å². The van der Waals surface area contributed by atoms with Crippen molar-refractivity contribution >= 4 is 11.8 Å². The Labute approximate surface area is 194 Å². The molecule has 32 heavy (non-hydrogen) atoms. The van der Waals surface area contributed by atoms with E-state index in [2.05, 4.69) is 54.2 Å². The number of nitrogens with zero attached hydrogens (tertiary/aromatic N) is 1. The first-order valence-corrected chi connectivity index (χ1v) is 12.8. The first-order valence-electron chi connectivity index (χ1n) is 12.8. The Hall–Kier alpha value is -2.49. The van der Waals surface area contributed by atoms with Crippen molar-refractivity contribution in [3.05, 3.63) is 47.9 Å². The molecule has 4 nitrogen and oxygen atoms in total. The summed E-state index contributed by atoms with van der Waals surface area (Å²) in [7, 11) is 0. The molecule has 0 radical (unpaired) electrons. The summed E-state index contributed by atoms with van der Waals surface area (Å²) >= 11 is 0. The summed E-state index contributed by atoms with van der Waals surface area (Å²) in [5, 5.41) is 0. The lowest BCUT2D eigenvalue weighted by molar-refractivity contribution is 0.309. The fraction of sp³-hybridized carbons (Fsp3) is 0.536. The second kappa shape index (κ2) is 13.8. The maximum Gasteiger partial charge on any atom is 0.144 e. The molecule has 0 spiro atoms. The predicted octanol–water partition coefficient (Wildman–Crippen LogP) is 8.46. The number of H-pyrrole nitrogens is 2. The quantitative estimate of drug-likeness (QED) is 0.255. The van der Waals surface area contributed by atoms with E-state index in [9.17, 15) is 0 Å². The van der Waals surface area contributed by atoms with Gasteiger partial charge in [0.05, 0.1) is 29.4 Å². The number of hydrogen-bond donors (Lipinski definition) is 2. The topological polar surface area (TPSA) is 53.2 Å². The molecule has 3 rings (SSSR count).